The van der Waals surface area contributed by atoms with E-state index in [1.54, 1.807) is 29.4 Å². The lowest BCUT2D eigenvalue weighted by Gasteiger charge is -2.40. The minimum Gasteiger partial charge on any atom is -0.507 e. The van der Waals surface area contributed by atoms with E-state index in [1.165, 1.54) is 19.2 Å². The Morgan fingerprint density at radius 2 is 1.67 bits per heavy atom. The summed E-state index contributed by atoms with van der Waals surface area (Å²) in [6, 6.07) is 23.4. The summed E-state index contributed by atoms with van der Waals surface area (Å²) in [5.74, 6) is -0.452. The van der Waals surface area contributed by atoms with E-state index < -0.39 is 5.41 Å². The first-order chi connectivity index (χ1) is 20.8. The molecule has 0 radical (unpaired) electrons. The number of carbonyl (C=O) groups excluding carboxylic acids is 2. The number of pyridine rings is 1. The van der Waals surface area contributed by atoms with Crippen molar-refractivity contribution in [3.8, 4) is 28.1 Å². The molecule has 0 atom stereocenters. The molecule has 3 aromatic carbocycles. The van der Waals surface area contributed by atoms with E-state index in [4.69, 9.17) is 4.74 Å². The Labute approximate surface area is 249 Å². The summed E-state index contributed by atoms with van der Waals surface area (Å²) < 4.78 is 18.5. The van der Waals surface area contributed by atoms with Crippen LogP contribution >= 0.6 is 0 Å². The number of aromatic amines is 1. The molecule has 5 aromatic rings. The highest BCUT2D eigenvalue weighted by Gasteiger charge is 2.43. The van der Waals surface area contributed by atoms with Gasteiger partial charge in [0.25, 0.3) is 0 Å². The predicted molar refractivity (Wildman–Crippen MR) is 163 cm³/mol. The van der Waals surface area contributed by atoms with Gasteiger partial charge in [0.2, 0.25) is 5.91 Å². The second-order valence-electron chi connectivity index (χ2n) is 11.2. The second kappa shape index (κ2) is 11.7. The number of carbonyl (C=O) groups is 2. The number of phenolic OH excluding ortho intramolecular Hbond substituents is 1. The van der Waals surface area contributed by atoms with Gasteiger partial charge in [0.05, 0.1) is 36.4 Å². The van der Waals surface area contributed by atoms with Crippen molar-refractivity contribution in [1.29, 1.82) is 0 Å². The molecule has 6 rings (SSSR count). The summed E-state index contributed by atoms with van der Waals surface area (Å²) in [6.07, 6.45) is 5.12. The zero-order valence-corrected chi connectivity index (χ0v) is 23.8. The molecular formula is C35H32FN3O4. The number of aromatic hydroxyl groups is 1. The Bertz CT molecular complexity index is 1740. The van der Waals surface area contributed by atoms with E-state index in [-0.39, 0.29) is 29.9 Å². The molecule has 1 fully saturated rings. The number of likely N-dealkylation sites (tertiary alicyclic amines) is 1. The van der Waals surface area contributed by atoms with Crippen LogP contribution < -0.4 is 0 Å². The summed E-state index contributed by atoms with van der Waals surface area (Å²) in [5.41, 5.74) is 4.92. The monoisotopic (exact) mass is 577 g/mol. The van der Waals surface area contributed by atoms with E-state index in [9.17, 15) is 19.1 Å². The van der Waals surface area contributed by atoms with Gasteiger partial charge in [-0.25, -0.2) is 4.39 Å². The van der Waals surface area contributed by atoms with Crippen molar-refractivity contribution >= 4 is 22.8 Å². The molecule has 43 heavy (non-hydrogen) atoms. The Hall–Kier alpha value is -4.98. The number of hydrogen-bond donors (Lipinski definition) is 2. The molecule has 1 saturated heterocycles. The van der Waals surface area contributed by atoms with Crippen LogP contribution in [0, 0.1) is 11.2 Å². The van der Waals surface area contributed by atoms with Crippen LogP contribution in [0.15, 0.2) is 91.3 Å². The smallest absolute Gasteiger partial charge is 0.312 e. The largest absolute Gasteiger partial charge is 0.507 e. The molecular weight excluding hydrogens is 545 g/mol. The number of amides is 1. The lowest BCUT2D eigenvalue weighted by Crippen LogP contribution is -2.48. The van der Waals surface area contributed by atoms with Crippen molar-refractivity contribution in [1.82, 2.24) is 14.9 Å². The lowest BCUT2D eigenvalue weighted by atomic mass is 9.73. The fraction of sp³-hybridized carbons (Fsp3) is 0.229. The standard InChI is InChI=1S/C35H32FN3O4/c1-43-34(42)35(21-24-7-11-27(36)12-8-24)14-17-39(18-15-35)32(40)19-23-5-9-25(10-6-23)28-3-2-4-29(33(28)41)30-20-26-13-16-37-22-31(26)38-30/h2-13,16,20,22,38,41H,14-15,17-19,21H2,1H3. The number of piperidine rings is 1. The number of H-pyrrole nitrogens is 1. The van der Waals surface area contributed by atoms with E-state index >= 15 is 0 Å². The molecule has 8 heteroatoms. The molecule has 1 amide bonds. The van der Waals surface area contributed by atoms with Gasteiger partial charge in [-0.3, -0.25) is 14.6 Å². The maximum Gasteiger partial charge on any atom is 0.312 e. The van der Waals surface area contributed by atoms with E-state index in [2.05, 4.69) is 9.97 Å². The highest BCUT2D eigenvalue weighted by atomic mass is 19.1. The van der Waals surface area contributed by atoms with Gasteiger partial charge in [-0.2, -0.15) is 0 Å². The van der Waals surface area contributed by atoms with E-state index in [1.807, 2.05) is 54.6 Å². The fourth-order valence-corrected chi connectivity index (χ4v) is 6.05. The predicted octanol–water partition coefficient (Wildman–Crippen LogP) is 6.31. The molecule has 1 aliphatic heterocycles. The van der Waals surface area contributed by atoms with Crippen LogP contribution in [0.5, 0.6) is 5.75 Å². The SMILES string of the molecule is COC(=O)C1(Cc2ccc(F)cc2)CCN(C(=O)Cc2ccc(-c3cccc(-c4cc5ccncc5[nH]4)c3O)cc2)CC1. The normalized spacial score (nSPS) is 14.5. The van der Waals surface area contributed by atoms with Crippen molar-refractivity contribution in [2.45, 2.75) is 25.7 Å². The number of nitrogens with zero attached hydrogens (tertiary/aromatic N) is 2. The summed E-state index contributed by atoms with van der Waals surface area (Å²) in [5, 5.41) is 12.2. The number of rotatable bonds is 7. The molecule has 0 spiro atoms. The molecule has 2 N–H and O–H groups in total. The number of ether oxygens (including phenoxy) is 1. The van der Waals surface area contributed by atoms with Crippen LogP contribution in [0.4, 0.5) is 4.39 Å². The van der Waals surface area contributed by atoms with Gasteiger partial charge in [0.15, 0.2) is 0 Å². The van der Waals surface area contributed by atoms with Crippen molar-refractivity contribution in [2.24, 2.45) is 5.41 Å². The van der Waals surface area contributed by atoms with Crippen molar-refractivity contribution in [3.63, 3.8) is 0 Å². The van der Waals surface area contributed by atoms with E-state index in [0.717, 1.165) is 33.3 Å². The van der Waals surface area contributed by atoms with Crippen LogP contribution in [-0.4, -0.2) is 52.1 Å². The number of nitrogens with one attached hydrogen (secondary N) is 1. The summed E-state index contributed by atoms with van der Waals surface area (Å²) in [4.78, 5) is 35.3. The summed E-state index contributed by atoms with van der Waals surface area (Å²) in [6.45, 7) is 0.884. The number of hydrogen-bond acceptors (Lipinski definition) is 5. The number of esters is 1. The van der Waals surface area contributed by atoms with Gasteiger partial charge in [-0.05, 0) is 66.3 Å². The maximum atomic E-state index is 13.4. The van der Waals surface area contributed by atoms with Gasteiger partial charge in [0.1, 0.15) is 11.6 Å². The molecule has 0 aliphatic carbocycles. The average molecular weight is 578 g/mol. The number of halogens is 1. The van der Waals surface area contributed by atoms with Crippen LogP contribution in [0.2, 0.25) is 0 Å². The Balaban J connectivity index is 1.12. The molecule has 0 saturated carbocycles. The topological polar surface area (TPSA) is 95.5 Å². The van der Waals surface area contributed by atoms with Gasteiger partial charge < -0.3 is 19.7 Å². The summed E-state index contributed by atoms with van der Waals surface area (Å²) >= 11 is 0. The minimum absolute atomic E-state index is 0.00820. The highest BCUT2D eigenvalue weighted by molar-refractivity contribution is 5.89. The molecule has 3 heterocycles. The molecule has 2 aromatic heterocycles. The van der Waals surface area contributed by atoms with Gasteiger partial charge in [-0.1, -0.05) is 48.5 Å². The first kappa shape index (κ1) is 28.2. The third kappa shape index (κ3) is 5.73. The number of benzene rings is 3. The zero-order chi connectivity index (χ0) is 30.0. The fourth-order valence-electron chi connectivity index (χ4n) is 6.05. The van der Waals surface area contributed by atoms with Crippen LogP contribution in [0.25, 0.3) is 33.3 Å². The molecule has 218 valence electrons. The maximum absolute atomic E-state index is 13.4. The molecule has 0 bridgehead atoms. The summed E-state index contributed by atoms with van der Waals surface area (Å²) in [7, 11) is 1.38. The highest BCUT2D eigenvalue weighted by Crippen LogP contribution is 2.39. The molecule has 1 aliphatic rings. The van der Waals surface area contributed by atoms with E-state index in [0.29, 0.717) is 43.5 Å². The third-order valence-electron chi connectivity index (χ3n) is 8.52. The van der Waals surface area contributed by atoms with Crippen molar-refractivity contribution in [3.05, 3.63) is 108 Å². The zero-order valence-electron chi connectivity index (χ0n) is 23.8. The Morgan fingerprint density at radius 1 is 0.977 bits per heavy atom. The Kier molecular flexibility index (Phi) is 7.67. The van der Waals surface area contributed by atoms with Crippen LogP contribution in [0.1, 0.15) is 24.0 Å². The third-order valence-corrected chi connectivity index (χ3v) is 8.52. The molecule has 0 unspecified atom stereocenters. The first-order valence-electron chi connectivity index (χ1n) is 14.3. The minimum atomic E-state index is -0.745. The lowest BCUT2D eigenvalue weighted by molar-refractivity contribution is -0.157. The second-order valence-corrected chi connectivity index (χ2v) is 11.2. The van der Waals surface area contributed by atoms with Crippen molar-refractivity contribution < 1.29 is 23.8 Å². The average Bonchev–Trinajstić information content (AvgIpc) is 3.47. The number of fused-ring (bicyclic) bond motifs is 1. The number of phenols is 1. The first-order valence-corrected chi connectivity index (χ1v) is 14.3. The van der Waals surface area contributed by atoms with Crippen molar-refractivity contribution in [2.75, 3.05) is 20.2 Å². The number of aromatic nitrogens is 2. The van der Waals surface area contributed by atoms with Gasteiger partial charge in [-0.15, -0.1) is 0 Å². The molecule has 7 nitrogen and oxygen atoms in total. The van der Waals surface area contributed by atoms with Gasteiger partial charge in [0, 0.05) is 35.8 Å². The number of para-hydroxylation sites is 1. The van der Waals surface area contributed by atoms with Gasteiger partial charge >= 0.3 is 5.97 Å². The van der Waals surface area contributed by atoms with Crippen LogP contribution in [-0.2, 0) is 27.2 Å². The van der Waals surface area contributed by atoms with Crippen LogP contribution in [0.3, 0.4) is 0 Å². The Morgan fingerprint density at radius 3 is 2.37 bits per heavy atom. The number of methoxy groups -OCH3 is 1. The quantitative estimate of drug-likeness (QED) is 0.221.